The molecule has 13 heteroatoms. The minimum Gasteiger partial charge on any atom is -0.467 e. The molecular weight excluding hydrogens is 469 g/mol. The zero-order chi connectivity index (χ0) is 25.1. The Morgan fingerprint density at radius 3 is 2.39 bits per heavy atom. The van der Waals surface area contributed by atoms with Crippen LogP contribution in [0.4, 0.5) is 13.2 Å². The number of hydrogen-bond donors (Lipinski definition) is 4. The first-order chi connectivity index (χ1) is 15.2. The Morgan fingerprint density at radius 2 is 1.85 bits per heavy atom. The zero-order valence-corrected chi connectivity index (χ0v) is 18.8. The van der Waals surface area contributed by atoms with E-state index in [2.05, 4.69) is 10.1 Å². The number of rotatable bonds is 7. The third-order valence-corrected chi connectivity index (χ3v) is 6.49. The standard InChI is InChI=1S/C20H25F3N2O7S/c1-10(2)16(19(29)32-3)24-18(28)11-7-14(17(27)15(26)8-11)25-33(30,31)13-6-4-5-12(9-13)20(21,22)23/h4-7,9-10,14-17,25-27H,8H2,1-3H3,(H,24,28). The van der Waals surface area contributed by atoms with Gasteiger partial charge >= 0.3 is 12.1 Å². The summed E-state index contributed by atoms with van der Waals surface area (Å²) in [5.41, 5.74) is -1.31. The molecule has 4 unspecified atom stereocenters. The largest absolute Gasteiger partial charge is 0.467 e. The van der Waals surface area contributed by atoms with E-state index in [0.29, 0.717) is 12.1 Å². The average molecular weight is 494 g/mol. The number of amides is 1. The Labute approximate surface area is 188 Å². The lowest BCUT2D eigenvalue weighted by Gasteiger charge is -2.31. The molecule has 1 aliphatic carbocycles. The van der Waals surface area contributed by atoms with E-state index in [9.17, 15) is 41.4 Å². The van der Waals surface area contributed by atoms with E-state index in [-0.39, 0.29) is 17.9 Å². The second kappa shape index (κ2) is 10.2. The fraction of sp³-hybridized carbons (Fsp3) is 0.500. The van der Waals surface area contributed by atoms with Crippen LogP contribution in [0, 0.1) is 5.92 Å². The number of halogens is 3. The van der Waals surface area contributed by atoms with Gasteiger partial charge in [-0.2, -0.15) is 13.2 Å². The summed E-state index contributed by atoms with van der Waals surface area (Å²) < 4.78 is 70.7. The van der Waals surface area contributed by atoms with Crippen molar-refractivity contribution in [3.8, 4) is 0 Å². The third kappa shape index (κ3) is 6.53. The summed E-state index contributed by atoms with van der Waals surface area (Å²) in [6.45, 7) is 3.31. The first-order valence-electron chi connectivity index (χ1n) is 9.82. The maximum atomic E-state index is 12.9. The Bertz CT molecular complexity index is 1020. The molecule has 0 aliphatic heterocycles. The lowest BCUT2D eigenvalue weighted by Crippen LogP contribution is -2.52. The number of methoxy groups -OCH3 is 1. The van der Waals surface area contributed by atoms with Crippen LogP contribution < -0.4 is 10.0 Å². The second-order valence-electron chi connectivity index (χ2n) is 7.84. The van der Waals surface area contributed by atoms with E-state index in [1.165, 1.54) is 0 Å². The summed E-state index contributed by atoms with van der Waals surface area (Å²) in [5, 5.41) is 22.8. The SMILES string of the molecule is COC(=O)C(NC(=O)C1=CC(NS(=O)(=O)c2cccc(C(F)(F)F)c2)C(O)C(O)C1)C(C)C. The molecule has 1 aliphatic rings. The summed E-state index contributed by atoms with van der Waals surface area (Å²) >= 11 is 0. The number of carbonyl (C=O) groups is 2. The molecule has 0 saturated carbocycles. The maximum absolute atomic E-state index is 12.9. The van der Waals surface area contributed by atoms with Gasteiger partial charge in [0, 0.05) is 12.0 Å². The van der Waals surface area contributed by atoms with E-state index in [1.807, 2.05) is 4.72 Å². The Hall–Kier alpha value is -2.48. The Kier molecular flexibility index (Phi) is 8.27. The van der Waals surface area contributed by atoms with Gasteiger partial charge in [-0.25, -0.2) is 17.9 Å². The molecule has 1 aromatic carbocycles. The van der Waals surface area contributed by atoms with Gasteiger partial charge in [-0.1, -0.05) is 26.0 Å². The van der Waals surface area contributed by atoms with Crippen LogP contribution >= 0.6 is 0 Å². The van der Waals surface area contributed by atoms with Crippen molar-refractivity contribution in [1.82, 2.24) is 10.0 Å². The molecule has 184 valence electrons. The monoisotopic (exact) mass is 494 g/mol. The fourth-order valence-corrected chi connectivity index (χ4v) is 4.43. The quantitative estimate of drug-likeness (QED) is 0.409. The molecule has 0 radical (unpaired) electrons. The second-order valence-corrected chi connectivity index (χ2v) is 9.56. The predicted molar refractivity (Wildman–Crippen MR) is 109 cm³/mol. The van der Waals surface area contributed by atoms with Gasteiger partial charge in [0.25, 0.3) is 0 Å². The van der Waals surface area contributed by atoms with Crippen LogP contribution in [0.25, 0.3) is 0 Å². The smallest absolute Gasteiger partial charge is 0.416 e. The number of hydrogen-bond acceptors (Lipinski definition) is 7. The number of sulfonamides is 1. The van der Waals surface area contributed by atoms with E-state index in [0.717, 1.165) is 25.3 Å². The molecule has 2 rings (SSSR count). The summed E-state index contributed by atoms with van der Waals surface area (Å²) in [7, 11) is -3.43. The molecule has 0 bridgehead atoms. The molecule has 0 fully saturated rings. The summed E-state index contributed by atoms with van der Waals surface area (Å²) in [5.74, 6) is -1.86. The normalized spacial score (nSPS) is 22.5. The first kappa shape index (κ1) is 26.8. The van der Waals surface area contributed by atoms with Crippen molar-refractivity contribution in [1.29, 1.82) is 0 Å². The number of aliphatic hydroxyl groups is 2. The van der Waals surface area contributed by atoms with Crippen molar-refractivity contribution in [2.45, 2.75) is 55.6 Å². The van der Waals surface area contributed by atoms with Crippen LogP contribution in [0.2, 0.25) is 0 Å². The zero-order valence-electron chi connectivity index (χ0n) is 18.0. The first-order valence-corrected chi connectivity index (χ1v) is 11.3. The van der Waals surface area contributed by atoms with E-state index in [4.69, 9.17) is 0 Å². The Balaban J connectivity index is 2.31. The summed E-state index contributed by atoms with van der Waals surface area (Å²) in [4.78, 5) is 23.8. The summed E-state index contributed by atoms with van der Waals surface area (Å²) in [6.07, 6.45) is -7.30. The number of benzene rings is 1. The number of ether oxygens (including phenoxy) is 1. The highest BCUT2D eigenvalue weighted by Crippen LogP contribution is 2.31. The fourth-order valence-electron chi connectivity index (χ4n) is 3.19. The van der Waals surface area contributed by atoms with Gasteiger partial charge in [-0.3, -0.25) is 4.79 Å². The number of esters is 1. The molecule has 4 N–H and O–H groups in total. The van der Waals surface area contributed by atoms with E-state index < -0.39 is 62.8 Å². The highest BCUT2D eigenvalue weighted by Gasteiger charge is 2.37. The minimum atomic E-state index is -4.77. The minimum absolute atomic E-state index is 0.126. The number of nitrogens with one attached hydrogen (secondary N) is 2. The molecule has 1 amide bonds. The molecule has 0 heterocycles. The van der Waals surface area contributed by atoms with Gasteiger partial charge in [-0.15, -0.1) is 0 Å². The van der Waals surface area contributed by atoms with Crippen molar-refractivity contribution in [2.24, 2.45) is 5.92 Å². The van der Waals surface area contributed by atoms with Crippen molar-refractivity contribution in [2.75, 3.05) is 7.11 Å². The molecule has 1 aromatic rings. The molecule has 0 saturated heterocycles. The molecular formula is C20H25F3N2O7S. The molecule has 33 heavy (non-hydrogen) atoms. The van der Waals surface area contributed by atoms with Gasteiger partial charge in [0.15, 0.2) is 0 Å². The number of carbonyl (C=O) groups excluding carboxylic acids is 2. The highest BCUT2D eigenvalue weighted by atomic mass is 32.2. The number of aliphatic hydroxyl groups excluding tert-OH is 2. The van der Waals surface area contributed by atoms with E-state index in [1.54, 1.807) is 13.8 Å². The van der Waals surface area contributed by atoms with Crippen LogP contribution in [0.3, 0.4) is 0 Å². The van der Waals surface area contributed by atoms with Gasteiger partial charge in [0.2, 0.25) is 15.9 Å². The summed E-state index contributed by atoms with van der Waals surface area (Å²) in [6, 6.07) is 0.431. The van der Waals surface area contributed by atoms with Gasteiger partial charge in [0.05, 0.1) is 29.7 Å². The van der Waals surface area contributed by atoms with Crippen LogP contribution in [0.15, 0.2) is 40.8 Å². The van der Waals surface area contributed by atoms with Crippen molar-refractivity contribution >= 4 is 21.9 Å². The van der Waals surface area contributed by atoms with Crippen LogP contribution in [0.5, 0.6) is 0 Å². The van der Waals surface area contributed by atoms with Crippen LogP contribution in [0.1, 0.15) is 25.8 Å². The molecule has 9 nitrogen and oxygen atoms in total. The lowest BCUT2D eigenvalue weighted by atomic mass is 9.90. The third-order valence-electron chi connectivity index (χ3n) is 5.03. The molecule has 0 aromatic heterocycles. The molecule has 4 atom stereocenters. The maximum Gasteiger partial charge on any atom is 0.416 e. The van der Waals surface area contributed by atoms with E-state index >= 15 is 0 Å². The Morgan fingerprint density at radius 1 is 1.21 bits per heavy atom. The van der Waals surface area contributed by atoms with Crippen molar-refractivity contribution < 1.29 is 46.1 Å². The highest BCUT2D eigenvalue weighted by molar-refractivity contribution is 7.89. The average Bonchev–Trinajstić information content (AvgIpc) is 2.73. The van der Waals surface area contributed by atoms with Gasteiger partial charge in [-0.05, 0) is 24.1 Å². The van der Waals surface area contributed by atoms with Crippen LogP contribution in [-0.2, 0) is 30.5 Å². The molecule has 0 spiro atoms. The number of alkyl halides is 3. The topological polar surface area (TPSA) is 142 Å². The predicted octanol–water partition coefficient (Wildman–Crippen LogP) is 0.718. The van der Waals surface area contributed by atoms with Crippen LogP contribution in [-0.4, -0.2) is 61.9 Å². The lowest BCUT2D eigenvalue weighted by molar-refractivity contribution is -0.146. The van der Waals surface area contributed by atoms with Crippen molar-refractivity contribution in [3.05, 3.63) is 41.5 Å². The van der Waals surface area contributed by atoms with Crippen molar-refractivity contribution in [3.63, 3.8) is 0 Å². The van der Waals surface area contributed by atoms with Gasteiger partial charge < -0.3 is 20.3 Å². The van der Waals surface area contributed by atoms with Gasteiger partial charge in [0.1, 0.15) is 12.1 Å².